The van der Waals surface area contributed by atoms with Gasteiger partial charge in [0, 0.05) is 6.54 Å². The smallest absolute Gasteiger partial charge is 0.409 e. The van der Waals surface area contributed by atoms with Crippen molar-refractivity contribution < 1.29 is 13.9 Å². The molecule has 1 rings (SSSR count). The van der Waals surface area contributed by atoms with Gasteiger partial charge in [-0.1, -0.05) is 0 Å². The first-order valence-corrected chi connectivity index (χ1v) is 5.00. The average Bonchev–Trinajstić information content (AvgIpc) is 2.18. The van der Waals surface area contributed by atoms with Crippen LogP contribution in [0.2, 0.25) is 0 Å². The first kappa shape index (κ1) is 11.2. The van der Waals surface area contributed by atoms with E-state index < -0.39 is 12.3 Å². The van der Waals surface area contributed by atoms with Gasteiger partial charge in [0.05, 0.1) is 13.2 Å². The molecule has 4 nitrogen and oxygen atoms in total. The molecule has 1 aliphatic rings. The van der Waals surface area contributed by atoms with E-state index in [1.54, 1.807) is 0 Å². The lowest BCUT2D eigenvalue weighted by Crippen LogP contribution is -2.41. The molecule has 1 fully saturated rings. The van der Waals surface area contributed by atoms with Crippen molar-refractivity contribution in [1.82, 2.24) is 4.90 Å². The Balaban J connectivity index is 2.22. The molecule has 1 saturated heterocycles. The maximum Gasteiger partial charge on any atom is 0.409 e. The normalized spacial score (nSPS) is 22.1. The predicted octanol–water partition coefficient (Wildman–Crippen LogP) is 0.906. The molecular formula is C9H17FN2O2. The molecule has 5 heteroatoms. The Bertz CT molecular complexity index is 190. The van der Waals surface area contributed by atoms with Crippen LogP contribution in [0.15, 0.2) is 0 Å². The van der Waals surface area contributed by atoms with Crippen molar-refractivity contribution in [2.75, 3.05) is 26.2 Å². The molecule has 0 aromatic carbocycles. The summed E-state index contributed by atoms with van der Waals surface area (Å²) in [5.41, 5.74) is 5.25. The van der Waals surface area contributed by atoms with Crippen LogP contribution in [-0.2, 0) is 4.74 Å². The molecule has 0 radical (unpaired) electrons. The van der Waals surface area contributed by atoms with Gasteiger partial charge >= 0.3 is 6.09 Å². The minimum atomic E-state index is -0.897. The van der Waals surface area contributed by atoms with E-state index in [0.29, 0.717) is 39.0 Å². The van der Waals surface area contributed by atoms with E-state index in [1.807, 2.05) is 0 Å². The molecule has 0 bridgehead atoms. The zero-order valence-electron chi connectivity index (χ0n) is 8.25. The topological polar surface area (TPSA) is 55.6 Å². The molecule has 0 aliphatic carbocycles. The standard InChI is InChI=1S/C9H17FN2O2/c10-8-3-1-5-12(7-8)9(13)14-6-2-4-11/h8H,1-7,11H2. The number of halogens is 1. The van der Waals surface area contributed by atoms with Gasteiger partial charge in [0.15, 0.2) is 0 Å². The molecule has 1 unspecified atom stereocenters. The third kappa shape index (κ3) is 3.49. The zero-order chi connectivity index (χ0) is 10.4. The van der Waals surface area contributed by atoms with Crippen molar-refractivity contribution >= 4 is 6.09 Å². The molecule has 1 heterocycles. The number of hydrogen-bond donors (Lipinski definition) is 1. The number of carbonyl (C=O) groups is 1. The Morgan fingerprint density at radius 3 is 3.07 bits per heavy atom. The fourth-order valence-electron chi connectivity index (χ4n) is 1.43. The maximum atomic E-state index is 12.9. The third-order valence-corrected chi connectivity index (χ3v) is 2.20. The highest BCUT2D eigenvalue weighted by Gasteiger charge is 2.23. The molecule has 0 spiro atoms. The Labute approximate surface area is 83.2 Å². The quantitative estimate of drug-likeness (QED) is 0.695. The SMILES string of the molecule is NCCCOC(=O)N1CCCC(F)C1. The lowest BCUT2D eigenvalue weighted by molar-refractivity contribution is 0.0762. The van der Waals surface area contributed by atoms with Gasteiger partial charge in [0.25, 0.3) is 0 Å². The molecule has 1 atom stereocenters. The van der Waals surface area contributed by atoms with Gasteiger partial charge in [-0.2, -0.15) is 0 Å². The van der Waals surface area contributed by atoms with Crippen LogP contribution in [0.5, 0.6) is 0 Å². The largest absolute Gasteiger partial charge is 0.449 e. The number of alkyl halides is 1. The number of nitrogens with zero attached hydrogens (tertiary/aromatic N) is 1. The second-order valence-electron chi connectivity index (χ2n) is 3.44. The highest BCUT2D eigenvalue weighted by Crippen LogP contribution is 2.13. The van der Waals surface area contributed by atoms with Crippen LogP contribution < -0.4 is 5.73 Å². The van der Waals surface area contributed by atoms with Gasteiger partial charge in [0.2, 0.25) is 0 Å². The second-order valence-corrected chi connectivity index (χ2v) is 3.44. The fraction of sp³-hybridized carbons (Fsp3) is 0.889. The highest BCUT2D eigenvalue weighted by atomic mass is 19.1. The number of carbonyl (C=O) groups excluding carboxylic acids is 1. The summed E-state index contributed by atoms with van der Waals surface area (Å²) in [6, 6.07) is 0. The van der Waals surface area contributed by atoms with E-state index in [4.69, 9.17) is 10.5 Å². The number of likely N-dealkylation sites (tertiary alicyclic amines) is 1. The second kappa shape index (κ2) is 5.80. The van der Waals surface area contributed by atoms with Crippen LogP contribution in [0.25, 0.3) is 0 Å². The first-order valence-electron chi connectivity index (χ1n) is 5.00. The number of piperidine rings is 1. The number of hydrogen-bond acceptors (Lipinski definition) is 3. The van der Waals surface area contributed by atoms with Crippen LogP contribution in [0.1, 0.15) is 19.3 Å². The summed E-state index contributed by atoms with van der Waals surface area (Å²) in [6.45, 7) is 1.59. The monoisotopic (exact) mass is 204 g/mol. The molecule has 82 valence electrons. The Hall–Kier alpha value is -0.840. The van der Waals surface area contributed by atoms with Gasteiger partial charge in [0.1, 0.15) is 6.17 Å². The summed E-state index contributed by atoms with van der Waals surface area (Å²) < 4.78 is 17.8. The van der Waals surface area contributed by atoms with Gasteiger partial charge in [-0.25, -0.2) is 9.18 Å². The lowest BCUT2D eigenvalue weighted by Gasteiger charge is -2.28. The van der Waals surface area contributed by atoms with Crippen LogP contribution in [0.4, 0.5) is 9.18 Å². The molecule has 2 N–H and O–H groups in total. The summed E-state index contributed by atoms with van der Waals surface area (Å²) >= 11 is 0. The number of rotatable bonds is 3. The van der Waals surface area contributed by atoms with E-state index in [-0.39, 0.29) is 6.54 Å². The van der Waals surface area contributed by atoms with Crippen LogP contribution >= 0.6 is 0 Å². The first-order chi connectivity index (χ1) is 6.74. The van der Waals surface area contributed by atoms with Gasteiger partial charge in [-0.15, -0.1) is 0 Å². The molecule has 1 amide bonds. The van der Waals surface area contributed by atoms with Gasteiger partial charge in [-0.3, -0.25) is 0 Å². The number of nitrogens with two attached hydrogens (primary N) is 1. The van der Waals surface area contributed by atoms with Crippen molar-refractivity contribution in [2.24, 2.45) is 5.73 Å². The highest BCUT2D eigenvalue weighted by molar-refractivity contribution is 5.67. The van der Waals surface area contributed by atoms with Crippen LogP contribution in [0, 0.1) is 0 Å². The van der Waals surface area contributed by atoms with E-state index >= 15 is 0 Å². The Morgan fingerprint density at radius 2 is 2.43 bits per heavy atom. The molecule has 0 aromatic rings. The molecule has 0 aromatic heterocycles. The maximum absolute atomic E-state index is 12.9. The minimum absolute atomic E-state index is 0.168. The average molecular weight is 204 g/mol. The van der Waals surface area contributed by atoms with Crippen molar-refractivity contribution in [3.8, 4) is 0 Å². The summed E-state index contributed by atoms with van der Waals surface area (Å²) in [6.07, 6.45) is 0.602. The molecule has 14 heavy (non-hydrogen) atoms. The number of amides is 1. The lowest BCUT2D eigenvalue weighted by atomic mass is 10.1. The molecular weight excluding hydrogens is 187 g/mol. The van der Waals surface area contributed by atoms with Crippen molar-refractivity contribution in [3.05, 3.63) is 0 Å². The predicted molar refractivity (Wildman–Crippen MR) is 50.7 cm³/mol. The van der Waals surface area contributed by atoms with Crippen LogP contribution in [-0.4, -0.2) is 43.4 Å². The minimum Gasteiger partial charge on any atom is -0.449 e. The third-order valence-electron chi connectivity index (χ3n) is 2.20. The summed E-state index contributed by atoms with van der Waals surface area (Å²) in [7, 11) is 0. The van der Waals surface area contributed by atoms with Crippen molar-refractivity contribution in [1.29, 1.82) is 0 Å². The van der Waals surface area contributed by atoms with Crippen molar-refractivity contribution in [3.63, 3.8) is 0 Å². The summed E-state index contributed by atoms with van der Waals surface area (Å²) in [5, 5.41) is 0. The van der Waals surface area contributed by atoms with E-state index in [9.17, 15) is 9.18 Å². The Kier molecular flexibility index (Phi) is 4.65. The summed E-state index contributed by atoms with van der Waals surface area (Å²) in [5.74, 6) is 0. The molecule has 0 saturated carbocycles. The van der Waals surface area contributed by atoms with E-state index in [0.717, 1.165) is 0 Å². The molecule has 1 aliphatic heterocycles. The van der Waals surface area contributed by atoms with E-state index in [2.05, 4.69) is 0 Å². The Morgan fingerprint density at radius 1 is 1.64 bits per heavy atom. The number of ether oxygens (including phenoxy) is 1. The van der Waals surface area contributed by atoms with Crippen LogP contribution in [0.3, 0.4) is 0 Å². The summed E-state index contributed by atoms with van der Waals surface area (Å²) in [4.78, 5) is 12.7. The van der Waals surface area contributed by atoms with Crippen molar-refractivity contribution in [2.45, 2.75) is 25.4 Å². The fourth-order valence-corrected chi connectivity index (χ4v) is 1.43. The van der Waals surface area contributed by atoms with Gasteiger partial charge in [-0.05, 0) is 25.8 Å². The zero-order valence-corrected chi connectivity index (χ0v) is 8.25. The van der Waals surface area contributed by atoms with E-state index in [1.165, 1.54) is 4.90 Å². The van der Waals surface area contributed by atoms with Gasteiger partial charge < -0.3 is 15.4 Å².